The van der Waals surface area contributed by atoms with Crippen LogP contribution in [0.2, 0.25) is 5.02 Å². The zero-order valence-electron chi connectivity index (χ0n) is 36.9. The van der Waals surface area contributed by atoms with Crippen LogP contribution in [0.15, 0.2) is 59.5 Å². The number of nitriles is 1. The number of imide groups is 1. The van der Waals surface area contributed by atoms with Crippen LogP contribution < -0.4 is 25.7 Å². The number of carbonyl (C=O) groups excluding carboxylic acids is 4. The third-order valence-electron chi connectivity index (χ3n) is 13.5. The van der Waals surface area contributed by atoms with Gasteiger partial charge in [-0.2, -0.15) is 9.94 Å². The molecule has 1 atom stereocenters. The number of ether oxygens (including phenoxy) is 2. The summed E-state index contributed by atoms with van der Waals surface area (Å²) in [6, 6.07) is 14.3. The summed E-state index contributed by atoms with van der Waals surface area (Å²) in [4.78, 5) is 72.5. The van der Waals surface area contributed by atoms with Gasteiger partial charge in [0.15, 0.2) is 6.61 Å². The largest absolute Gasteiger partial charge is 0.489 e. The smallest absolute Gasteiger partial charge is 0.278 e. The molecule has 0 spiro atoms. The average molecular weight is 902 g/mol. The van der Waals surface area contributed by atoms with Gasteiger partial charge in [-0.15, -0.1) is 5.10 Å². The third kappa shape index (κ3) is 9.70. The SMILES string of the molecule is CC1(C)[C@H](NC(=O)c2ccc(C#CC3CCN(CC4CCN(C(=O)COc5ccc6nnn(C7CCC(=O)NC7=O)c(=O)c6c5)CC4)CC3)nc2)C(C)(C)[C@H]1Oc1ccc(C#N)c(Cl)c1. The number of hydrogen-bond acceptors (Lipinski definition) is 12. The summed E-state index contributed by atoms with van der Waals surface area (Å²) in [5.41, 5.74) is 0.501. The summed E-state index contributed by atoms with van der Waals surface area (Å²) >= 11 is 6.24. The molecule has 5 heterocycles. The molecule has 16 nitrogen and oxygen atoms in total. The quantitative estimate of drug-likeness (QED) is 0.165. The number of nitrogens with zero attached hydrogens (tertiary/aromatic N) is 7. The second kappa shape index (κ2) is 18.6. The van der Waals surface area contributed by atoms with Crippen molar-refractivity contribution in [1.29, 1.82) is 5.26 Å². The lowest BCUT2D eigenvalue weighted by molar-refractivity contribution is -0.164. The molecular formula is C48H52ClN9O7. The van der Waals surface area contributed by atoms with E-state index in [1.165, 1.54) is 6.07 Å². The first-order chi connectivity index (χ1) is 31.1. The Morgan fingerprint density at radius 3 is 2.35 bits per heavy atom. The first-order valence-electron chi connectivity index (χ1n) is 22.1. The van der Waals surface area contributed by atoms with Gasteiger partial charge >= 0.3 is 0 Å². The molecule has 4 amide bonds. The second-order valence-corrected chi connectivity index (χ2v) is 19.1. The maximum Gasteiger partial charge on any atom is 0.278 e. The molecule has 17 heteroatoms. The number of rotatable bonds is 10. The molecule has 2 aromatic carbocycles. The molecule has 65 heavy (non-hydrogen) atoms. The molecule has 0 radical (unpaired) electrons. The maximum atomic E-state index is 13.4. The molecule has 0 bridgehead atoms. The molecule has 1 aliphatic carbocycles. The van der Waals surface area contributed by atoms with Crippen molar-refractivity contribution in [1.82, 2.24) is 40.4 Å². The monoisotopic (exact) mass is 901 g/mol. The molecule has 4 aromatic rings. The van der Waals surface area contributed by atoms with Crippen LogP contribution in [0.5, 0.6) is 11.5 Å². The van der Waals surface area contributed by atoms with Crippen LogP contribution in [-0.4, -0.2) is 105 Å². The van der Waals surface area contributed by atoms with Gasteiger partial charge in [0, 0.05) is 61.1 Å². The third-order valence-corrected chi connectivity index (χ3v) is 13.8. The summed E-state index contributed by atoms with van der Waals surface area (Å²) in [7, 11) is 0. The van der Waals surface area contributed by atoms with Crippen molar-refractivity contribution < 1.29 is 28.7 Å². The fraction of sp³-hybridized carbons (Fsp3) is 0.479. The van der Waals surface area contributed by atoms with Crippen LogP contribution >= 0.6 is 11.6 Å². The fourth-order valence-electron chi connectivity index (χ4n) is 10.1. The Kier molecular flexibility index (Phi) is 13.0. The number of benzene rings is 2. The number of piperidine rings is 3. The number of halogens is 1. The number of pyridine rings is 1. The highest BCUT2D eigenvalue weighted by molar-refractivity contribution is 6.31. The van der Waals surface area contributed by atoms with Gasteiger partial charge < -0.3 is 24.6 Å². The van der Waals surface area contributed by atoms with E-state index in [0.717, 1.165) is 50.0 Å². The number of hydrogen-bond donors (Lipinski definition) is 2. The van der Waals surface area contributed by atoms with Crippen molar-refractivity contribution >= 4 is 46.1 Å². The van der Waals surface area contributed by atoms with Crippen LogP contribution in [0.3, 0.4) is 0 Å². The van der Waals surface area contributed by atoms with Gasteiger partial charge in [0.25, 0.3) is 23.3 Å². The highest BCUT2D eigenvalue weighted by Crippen LogP contribution is 2.55. The van der Waals surface area contributed by atoms with Crippen molar-refractivity contribution in [2.24, 2.45) is 22.7 Å². The number of carbonyl (C=O) groups is 4. The minimum atomic E-state index is -0.933. The summed E-state index contributed by atoms with van der Waals surface area (Å²) in [5.74, 6) is 6.97. The molecule has 2 N–H and O–H groups in total. The summed E-state index contributed by atoms with van der Waals surface area (Å²) in [6.45, 7) is 12.3. The first kappa shape index (κ1) is 45.2. The molecule has 1 saturated carbocycles. The second-order valence-electron chi connectivity index (χ2n) is 18.7. The van der Waals surface area contributed by atoms with Gasteiger partial charge in [0.05, 0.1) is 21.5 Å². The van der Waals surface area contributed by atoms with E-state index >= 15 is 0 Å². The lowest BCUT2D eigenvalue weighted by Crippen LogP contribution is -2.74. The Labute approximate surface area is 382 Å². The molecule has 1 unspecified atom stereocenters. The molecule has 338 valence electrons. The van der Waals surface area contributed by atoms with Gasteiger partial charge in [-0.25, -0.2) is 4.98 Å². The molecule has 3 saturated heterocycles. The zero-order chi connectivity index (χ0) is 46.0. The van der Waals surface area contributed by atoms with Gasteiger partial charge in [-0.1, -0.05) is 50.4 Å². The summed E-state index contributed by atoms with van der Waals surface area (Å²) < 4.78 is 13.2. The summed E-state index contributed by atoms with van der Waals surface area (Å²) in [5, 5.41) is 23.2. The predicted octanol–water partition coefficient (Wildman–Crippen LogP) is 4.68. The number of nitrogens with one attached hydrogen (secondary N) is 2. The van der Waals surface area contributed by atoms with Gasteiger partial charge in [0.1, 0.15) is 40.9 Å². The lowest BCUT2D eigenvalue weighted by Gasteiger charge is -2.63. The van der Waals surface area contributed by atoms with Gasteiger partial charge in [-0.05, 0) is 99.5 Å². The predicted molar refractivity (Wildman–Crippen MR) is 240 cm³/mol. The molecule has 2 aromatic heterocycles. The number of aromatic nitrogens is 4. The van der Waals surface area contributed by atoms with Crippen LogP contribution in [0.25, 0.3) is 10.9 Å². The van der Waals surface area contributed by atoms with Gasteiger partial charge in [0.2, 0.25) is 5.91 Å². The van der Waals surface area contributed by atoms with Crippen molar-refractivity contribution in [3.8, 4) is 29.4 Å². The number of likely N-dealkylation sites (tertiary alicyclic amines) is 2. The minimum absolute atomic E-state index is 0.0996. The average Bonchev–Trinajstić information content (AvgIpc) is 3.29. The highest BCUT2D eigenvalue weighted by atomic mass is 35.5. The van der Waals surface area contributed by atoms with E-state index in [0.29, 0.717) is 57.9 Å². The highest BCUT2D eigenvalue weighted by Gasteiger charge is 2.64. The van der Waals surface area contributed by atoms with Crippen LogP contribution in [0.1, 0.15) is 93.9 Å². The lowest BCUT2D eigenvalue weighted by atomic mass is 9.49. The van der Waals surface area contributed by atoms with E-state index in [1.807, 2.05) is 4.90 Å². The van der Waals surface area contributed by atoms with E-state index in [4.69, 9.17) is 21.1 Å². The van der Waals surface area contributed by atoms with E-state index < -0.39 is 23.4 Å². The van der Waals surface area contributed by atoms with Crippen molar-refractivity contribution in [3.05, 3.63) is 86.9 Å². The minimum Gasteiger partial charge on any atom is -0.489 e. The molecule has 8 rings (SSSR count). The Bertz CT molecular complexity index is 2650. The van der Waals surface area contributed by atoms with E-state index in [2.05, 4.69) is 76.4 Å². The molecule has 4 fully saturated rings. The first-order valence-corrected chi connectivity index (χ1v) is 22.5. The van der Waals surface area contributed by atoms with Crippen molar-refractivity contribution in [2.45, 2.75) is 84.4 Å². The Hall–Kier alpha value is -6.36. The normalized spacial score (nSPS) is 22.2. The summed E-state index contributed by atoms with van der Waals surface area (Å²) in [6.07, 6.45) is 5.35. The van der Waals surface area contributed by atoms with Crippen LogP contribution in [-0.2, 0) is 14.4 Å². The maximum absolute atomic E-state index is 13.4. The van der Waals surface area contributed by atoms with E-state index in [-0.39, 0.29) is 65.5 Å². The van der Waals surface area contributed by atoms with E-state index in [1.54, 1.807) is 48.7 Å². The Morgan fingerprint density at radius 2 is 1.68 bits per heavy atom. The Balaban J connectivity index is 0.749. The number of fused-ring (bicyclic) bond motifs is 1. The fourth-order valence-corrected chi connectivity index (χ4v) is 10.3. The van der Waals surface area contributed by atoms with Crippen molar-refractivity contribution in [3.63, 3.8) is 0 Å². The van der Waals surface area contributed by atoms with Crippen molar-refractivity contribution in [2.75, 3.05) is 39.3 Å². The number of amides is 4. The topological polar surface area (TPSA) is 202 Å². The Morgan fingerprint density at radius 1 is 0.938 bits per heavy atom. The van der Waals surface area contributed by atoms with Gasteiger partial charge in [-0.3, -0.25) is 29.3 Å². The van der Waals surface area contributed by atoms with Crippen LogP contribution in [0, 0.1) is 45.8 Å². The zero-order valence-corrected chi connectivity index (χ0v) is 37.7. The van der Waals surface area contributed by atoms with Crippen LogP contribution in [0.4, 0.5) is 0 Å². The van der Waals surface area contributed by atoms with E-state index in [9.17, 15) is 29.2 Å². The standard InChI is InChI=1S/C48H52ClN9O7/c1-47(2)45(48(3,4)46(47)65-35-10-7-31(25-50)37(49)24-35)53-42(61)32-6-9-33(51-26-32)8-5-29-15-19-56(20-16-29)27-30-17-21-57(22-18-30)41(60)28-64-34-11-12-38-36(23-34)44(63)58(55-54-38)39-13-14-40(59)52-43(39)62/h6-7,9-12,23-24,26,29-30,39,45-46H,13-22,27-28H2,1-4H3,(H,53,61)(H,52,59,62)/t39?,45-,46-. The molecule has 4 aliphatic rings. The molecule has 3 aliphatic heterocycles. The molecular weight excluding hydrogens is 850 g/mol.